The van der Waals surface area contributed by atoms with Gasteiger partial charge in [0, 0.05) is 30.7 Å². The number of ether oxygens (including phenoxy) is 1. The Morgan fingerprint density at radius 3 is 2.61 bits per heavy atom. The molecule has 0 fully saturated rings. The summed E-state index contributed by atoms with van der Waals surface area (Å²) in [5.41, 5.74) is 6.48. The largest absolute Gasteiger partial charge is 0.410 e. The second kappa shape index (κ2) is 8.36. The van der Waals surface area contributed by atoms with Gasteiger partial charge in [-0.1, -0.05) is 24.3 Å². The number of carbonyl (C=O) groups excluding carboxylic acids is 2. The van der Waals surface area contributed by atoms with E-state index in [0.717, 1.165) is 0 Å². The first kappa shape index (κ1) is 19.1. The number of para-hydroxylation sites is 1. The van der Waals surface area contributed by atoms with Crippen molar-refractivity contribution in [1.29, 1.82) is 0 Å². The topological polar surface area (TPSA) is 110 Å². The third-order valence-corrected chi connectivity index (χ3v) is 3.94. The SMILES string of the molecule is CN(C(=O)c1cnc(Cl)nc1Nc1cccc(OC(N)=O)c1)c1ccccc1. The minimum absolute atomic E-state index is 0.0223. The van der Waals surface area contributed by atoms with Crippen molar-refractivity contribution in [2.45, 2.75) is 0 Å². The Morgan fingerprint density at radius 1 is 1.14 bits per heavy atom. The molecule has 0 saturated carbocycles. The Bertz CT molecular complexity index is 1010. The maximum atomic E-state index is 13.0. The fourth-order valence-corrected chi connectivity index (χ4v) is 2.59. The number of benzene rings is 2. The second-order valence-electron chi connectivity index (χ2n) is 5.67. The molecule has 0 spiro atoms. The molecule has 0 atom stereocenters. The molecule has 0 unspecified atom stereocenters. The van der Waals surface area contributed by atoms with Gasteiger partial charge < -0.3 is 20.7 Å². The van der Waals surface area contributed by atoms with Crippen LogP contribution in [0, 0.1) is 0 Å². The first-order chi connectivity index (χ1) is 13.4. The number of nitrogens with two attached hydrogens (primary N) is 1. The van der Waals surface area contributed by atoms with Crippen LogP contribution in [-0.4, -0.2) is 29.0 Å². The average molecular weight is 398 g/mol. The van der Waals surface area contributed by atoms with Gasteiger partial charge in [0.2, 0.25) is 5.28 Å². The standard InChI is InChI=1S/C19H16ClN5O3/c1-25(13-7-3-2-4-8-13)17(26)15-11-22-18(20)24-16(15)23-12-6-5-9-14(10-12)28-19(21)27/h2-11H,1H3,(H2,21,27)(H,22,23,24). The van der Waals surface area contributed by atoms with Crippen LogP contribution < -0.4 is 20.7 Å². The van der Waals surface area contributed by atoms with Gasteiger partial charge in [0.15, 0.2) is 0 Å². The highest BCUT2D eigenvalue weighted by molar-refractivity contribution is 6.28. The average Bonchev–Trinajstić information content (AvgIpc) is 2.67. The summed E-state index contributed by atoms with van der Waals surface area (Å²) >= 11 is 5.91. The molecule has 142 valence electrons. The van der Waals surface area contributed by atoms with E-state index in [1.54, 1.807) is 25.2 Å². The Labute approximate surface area is 165 Å². The van der Waals surface area contributed by atoms with Crippen molar-refractivity contribution in [2.24, 2.45) is 5.73 Å². The summed E-state index contributed by atoms with van der Waals surface area (Å²) in [6, 6.07) is 15.6. The molecule has 2 aromatic carbocycles. The van der Waals surface area contributed by atoms with E-state index in [0.29, 0.717) is 11.4 Å². The Morgan fingerprint density at radius 2 is 1.89 bits per heavy atom. The Hall–Kier alpha value is -3.65. The smallest absolute Gasteiger partial charge is 0.409 e. The zero-order valence-corrected chi connectivity index (χ0v) is 15.6. The van der Waals surface area contributed by atoms with Crippen molar-refractivity contribution in [3.05, 3.63) is 71.6 Å². The third kappa shape index (κ3) is 4.54. The minimum Gasteiger partial charge on any atom is -0.410 e. The number of carbonyl (C=O) groups is 2. The maximum Gasteiger partial charge on any atom is 0.409 e. The molecular weight excluding hydrogens is 382 g/mol. The molecule has 0 aliphatic carbocycles. The summed E-state index contributed by atoms with van der Waals surface area (Å²) < 4.78 is 4.85. The van der Waals surface area contributed by atoms with Gasteiger partial charge in [-0.25, -0.2) is 9.78 Å². The summed E-state index contributed by atoms with van der Waals surface area (Å²) in [6.07, 6.45) is 0.422. The number of anilines is 3. The van der Waals surface area contributed by atoms with E-state index in [9.17, 15) is 9.59 Å². The lowest BCUT2D eigenvalue weighted by atomic mass is 10.2. The van der Waals surface area contributed by atoms with Gasteiger partial charge in [-0.05, 0) is 35.9 Å². The lowest BCUT2D eigenvalue weighted by Crippen LogP contribution is -2.27. The second-order valence-corrected chi connectivity index (χ2v) is 6.01. The van der Waals surface area contributed by atoms with E-state index in [4.69, 9.17) is 22.1 Å². The Kier molecular flexibility index (Phi) is 5.71. The van der Waals surface area contributed by atoms with Gasteiger partial charge in [0.25, 0.3) is 5.91 Å². The predicted octanol–water partition coefficient (Wildman–Crippen LogP) is 3.61. The number of rotatable bonds is 5. The predicted molar refractivity (Wildman–Crippen MR) is 106 cm³/mol. The van der Waals surface area contributed by atoms with E-state index in [1.807, 2.05) is 30.3 Å². The highest BCUT2D eigenvalue weighted by Crippen LogP contribution is 2.25. The van der Waals surface area contributed by atoms with E-state index in [2.05, 4.69) is 15.3 Å². The number of nitrogens with zero attached hydrogens (tertiary/aromatic N) is 3. The number of hydrogen-bond donors (Lipinski definition) is 2. The Balaban J connectivity index is 1.91. The van der Waals surface area contributed by atoms with Crippen molar-refractivity contribution in [1.82, 2.24) is 9.97 Å². The van der Waals surface area contributed by atoms with Crippen LogP contribution in [0.5, 0.6) is 5.75 Å². The normalized spacial score (nSPS) is 10.2. The number of aromatic nitrogens is 2. The molecule has 3 aromatic rings. The van der Waals surface area contributed by atoms with Crippen LogP contribution in [0.25, 0.3) is 0 Å². The van der Waals surface area contributed by atoms with E-state index in [1.165, 1.54) is 17.2 Å². The highest BCUT2D eigenvalue weighted by Gasteiger charge is 2.20. The van der Waals surface area contributed by atoms with Gasteiger partial charge in [0.1, 0.15) is 17.1 Å². The van der Waals surface area contributed by atoms with Crippen molar-refractivity contribution in [3.8, 4) is 5.75 Å². The third-order valence-electron chi connectivity index (χ3n) is 3.75. The van der Waals surface area contributed by atoms with Gasteiger partial charge >= 0.3 is 6.09 Å². The van der Waals surface area contributed by atoms with Gasteiger partial charge in [-0.2, -0.15) is 4.98 Å². The van der Waals surface area contributed by atoms with E-state index < -0.39 is 6.09 Å². The van der Waals surface area contributed by atoms with E-state index >= 15 is 0 Å². The summed E-state index contributed by atoms with van der Waals surface area (Å²) in [5.74, 6) is 0.130. The summed E-state index contributed by atoms with van der Waals surface area (Å²) in [7, 11) is 1.65. The minimum atomic E-state index is -0.928. The number of primary amides is 1. The van der Waals surface area contributed by atoms with Crippen molar-refractivity contribution in [2.75, 3.05) is 17.3 Å². The van der Waals surface area contributed by atoms with Crippen LogP contribution in [0.4, 0.5) is 22.0 Å². The number of amides is 2. The fourth-order valence-electron chi connectivity index (χ4n) is 2.45. The van der Waals surface area contributed by atoms with Crippen LogP contribution in [0.15, 0.2) is 60.8 Å². The summed E-state index contributed by atoms with van der Waals surface area (Å²) in [5, 5.41) is 2.98. The summed E-state index contributed by atoms with van der Waals surface area (Å²) in [4.78, 5) is 33.4. The number of hydrogen-bond acceptors (Lipinski definition) is 6. The van der Waals surface area contributed by atoms with Crippen LogP contribution >= 0.6 is 11.6 Å². The molecule has 0 bridgehead atoms. The highest BCUT2D eigenvalue weighted by atomic mass is 35.5. The molecule has 1 aromatic heterocycles. The summed E-state index contributed by atoms with van der Waals surface area (Å²) in [6.45, 7) is 0. The molecule has 9 heteroatoms. The first-order valence-corrected chi connectivity index (χ1v) is 8.52. The number of nitrogens with one attached hydrogen (secondary N) is 1. The maximum absolute atomic E-state index is 13.0. The molecule has 3 N–H and O–H groups in total. The van der Waals surface area contributed by atoms with Crippen LogP contribution in [0.1, 0.15) is 10.4 Å². The molecule has 8 nitrogen and oxygen atoms in total. The van der Waals surface area contributed by atoms with Crippen molar-refractivity contribution in [3.63, 3.8) is 0 Å². The van der Waals surface area contributed by atoms with Crippen LogP contribution in [0.2, 0.25) is 5.28 Å². The van der Waals surface area contributed by atoms with Gasteiger partial charge in [0.05, 0.1) is 0 Å². The van der Waals surface area contributed by atoms with Gasteiger partial charge in [-0.3, -0.25) is 4.79 Å². The monoisotopic (exact) mass is 397 g/mol. The van der Waals surface area contributed by atoms with Crippen LogP contribution in [0.3, 0.4) is 0 Å². The molecule has 0 aliphatic rings. The zero-order chi connectivity index (χ0) is 20.1. The molecule has 28 heavy (non-hydrogen) atoms. The zero-order valence-electron chi connectivity index (χ0n) is 14.8. The van der Waals surface area contributed by atoms with E-state index in [-0.39, 0.29) is 28.3 Å². The van der Waals surface area contributed by atoms with Crippen LogP contribution in [-0.2, 0) is 0 Å². The lowest BCUT2D eigenvalue weighted by molar-refractivity contribution is 0.0993. The first-order valence-electron chi connectivity index (χ1n) is 8.14. The molecule has 0 radical (unpaired) electrons. The van der Waals surface area contributed by atoms with Crippen molar-refractivity contribution >= 4 is 40.8 Å². The molecule has 0 saturated heterocycles. The fraction of sp³-hybridized carbons (Fsp3) is 0.0526. The molecular formula is C19H16ClN5O3. The lowest BCUT2D eigenvalue weighted by Gasteiger charge is -2.19. The van der Waals surface area contributed by atoms with Crippen molar-refractivity contribution < 1.29 is 14.3 Å². The molecule has 3 rings (SSSR count). The quantitative estimate of drug-likeness (QED) is 0.636. The molecule has 1 heterocycles. The number of halogens is 1. The molecule has 0 aliphatic heterocycles. The van der Waals surface area contributed by atoms with Gasteiger partial charge in [-0.15, -0.1) is 0 Å². The molecule has 2 amide bonds.